The molecule has 11 nitrogen and oxygen atoms in total. The fraction of sp³-hybridized carbons (Fsp3) is 0.577. The van der Waals surface area contributed by atoms with E-state index in [4.69, 9.17) is 10.5 Å². The second-order valence-electron chi connectivity index (χ2n) is 10.9. The molecule has 6 atom stereocenters. The van der Waals surface area contributed by atoms with Crippen molar-refractivity contribution in [3.05, 3.63) is 22.8 Å². The standard InChI is InChI=1S/C26H31N3O8/c1-28(2)19-14-8-11-7-13-17(15(30)9-12(22(13)37-3)10-29-5-4-6-29)20(31)16(11)23(33)26(14,36)24(34)18(21(19)32)25(27)35/h9,11,14,16,18-19,30,36H,4-8,10H2,1-3H3,(H2,27,35)/t11-,14-,16?,18?,19-,26-/m0/s1. The van der Waals surface area contributed by atoms with Gasteiger partial charge in [0.15, 0.2) is 34.7 Å². The summed E-state index contributed by atoms with van der Waals surface area (Å²) in [5, 5.41) is 22.5. The lowest BCUT2D eigenvalue weighted by Gasteiger charge is -2.52. The third kappa shape index (κ3) is 3.48. The van der Waals surface area contributed by atoms with Crippen molar-refractivity contribution < 1.29 is 38.9 Å². The Morgan fingerprint density at radius 2 is 1.89 bits per heavy atom. The van der Waals surface area contributed by atoms with Gasteiger partial charge in [-0.25, -0.2) is 0 Å². The molecule has 198 valence electrons. The van der Waals surface area contributed by atoms with Gasteiger partial charge < -0.3 is 20.7 Å². The number of aliphatic hydroxyl groups is 1. The van der Waals surface area contributed by atoms with Gasteiger partial charge in [-0.05, 0) is 58.4 Å². The molecular weight excluding hydrogens is 482 g/mol. The van der Waals surface area contributed by atoms with Crippen LogP contribution in [0.3, 0.4) is 0 Å². The lowest BCUT2D eigenvalue weighted by atomic mass is 9.52. The largest absolute Gasteiger partial charge is 0.507 e. The van der Waals surface area contributed by atoms with Crippen molar-refractivity contribution in [1.29, 1.82) is 0 Å². The van der Waals surface area contributed by atoms with Crippen molar-refractivity contribution in [2.75, 3.05) is 34.3 Å². The van der Waals surface area contributed by atoms with E-state index in [0.29, 0.717) is 17.9 Å². The third-order valence-electron chi connectivity index (χ3n) is 8.64. The Morgan fingerprint density at radius 3 is 2.43 bits per heavy atom. The number of carbonyl (C=O) groups excluding carboxylic acids is 5. The number of fused-ring (bicyclic) bond motifs is 3. The van der Waals surface area contributed by atoms with Crippen molar-refractivity contribution in [3.63, 3.8) is 0 Å². The zero-order chi connectivity index (χ0) is 27.0. The number of likely N-dealkylation sites (N-methyl/N-ethyl adjacent to an activating group) is 1. The fourth-order valence-corrected chi connectivity index (χ4v) is 6.87. The van der Waals surface area contributed by atoms with Crippen LogP contribution in [0, 0.1) is 23.7 Å². The summed E-state index contributed by atoms with van der Waals surface area (Å²) in [5.74, 6) is -10.1. The fourth-order valence-electron chi connectivity index (χ4n) is 6.87. The molecule has 2 unspecified atom stereocenters. The predicted octanol–water partition coefficient (Wildman–Crippen LogP) is -0.919. The number of amides is 1. The van der Waals surface area contributed by atoms with E-state index < -0.39 is 64.4 Å². The Morgan fingerprint density at radius 1 is 1.22 bits per heavy atom. The number of likely N-dealkylation sites (tertiary alicyclic amines) is 1. The van der Waals surface area contributed by atoms with Gasteiger partial charge in [0.2, 0.25) is 5.91 Å². The van der Waals surface area contributed by atoms with Gasteiger partial charge in [0, 0.05) is 23.6 Å². The van der Waals surface area contributed by atoms with Crippen LogP contribution in [0.15, 0.2) is 6.07 Å². The quantitative estimate of drug-likeness (QED) is 0.419. The summed E-state index contributed by atoms with van der Waals surface area (Å²) >= 11 is 0. The Bertz CT molecular complexity index is 1240. The number of hydrogen-bond acceptors (Lipinski definition) is 10. The van der Waals surface area contributed by atoms with E-state index in [1.165, 1.54) is 18.1 Å². The SMILES string of the molecule is COc1c(CN2CCC2)cc(O)c2c1C[C@H]1C[C@H]3[C@H](N(C)C)C(=O)C(C(N)=O)C(=O)[C@@]3(O)C(=O)C1C2=O. The molecule has 1 saturated heterocycles. The molecule has 11 heteroatoms. The van der Waals surface area contributed by atoms with Crippen molar-refractivity contribution in [2.45, 2.75) is 37.5 Å². The van der Waals surface area contributed by atoms with E-state index in [2.05, 4.69) is 4.90 Å². The second kappa shape index (κ2) is 8.71. The van der Waals surface area contributed by atoms with Crippen LogP contribution in [0.2, 0.25) is 0 Å². The monoisotopic (exact) mass is 513 g/mol. The Kier molecular flexibility index (Phi) is 6.00. The number of methoxy groups -OCH3 is 1. The number of nitrogens with zero attached hydrogens (tertiary/aromatic N) is 2. The maximum absolute atomic E-state index is 13.8. The van der Waals surface area contributed by atoms with Crippen LogP contribution in [-0.2, 0) is 32.1 Å². The minimum absolute atomic E-state index is 0.00413. The van der Waals surface area contributed by atoms with E-state index >= 15 is 0 Å². The number of Topliss-reactive ketones (excluding diaryl/α,β-unsaturated/α-hetero) is 4. The van der Waals surface area contributed by atoms with E-state index in [1.54, 1.807) is 14.1 Å². The number of nitrogens with two attached hydrogens (primary N) is 1. The number of aromatic hydroxyl groups is 1. The molecule has 5 rings (SSSR count). The van der Waals surface area contributed by atoms with Gasteiger partial charge in [0.25, 0.3) is 0 Å². The Balaban J connectivity index is 1.61. The van der Waals surface area contributed by atoms with Crippen LogP contribution >= 0.6 is 0 Å². The highest BCUT2D eigenvalue weighted by Gasteiger charge is 2.69. The number of hydrogen-bond donors (Lipinski definition) is 3. The summed E-state index contributed by atoms with van der Waals surface area (Å²) < 4.78 is 5.69. The summed E-state index contributed by atoms with van der Waals surface area (Å²) in [4.78, 5) is 69.7. The minimum atomic E-state index is -2.73. The van der Waals surface area contributed by atoms with Gasteiger partial charge in [-0.1, -0.05) is 0 Å². The molecule has 0 radical (unpaired) electrons. The summed E-state index contributed by atoms with van der Waals surface area (Å²) in [6.07, 6.45) is 1.26. The van der Waals surface area contributed by atoms with Gasteiger partial charge in [0.05, 0.1) is 24.6 Å². The molecule has 1 aromatic carbocycles. The van der Waals surface area contributed by atoms with Crippen LogP contribution in [0.4, 0.5) is 0 Å². The molecule has 0 aromatic heterocycles. The number of rotatable bonds is 5. The Labute approximate surface area is 213 Å². The van der Waals surface area contributed by atoms with Gasteiger partial charge in [0.1, 0.15) is 11.5 Å². The van der Waals surface area contributed by atoms with Crippen LogP contribution < -0.4 is 10.5 Å². The number of phenolic OH excluding ortho intramolecular Hbond substituents is 1. The lowest BCUT2D eigenvalue weighted by Crippen LogP contribution is -2.74. The maximum atomic E-state index is 13.8. The molecule has 1 aliphatic heterocycles. The molecule has 3 fully saturated rings. The number of phenols is 1. The average Bonchev–Trinajstić information content (AvgIpc) is 2.78. The van der Waals surface area contributed by atoms with E-state index in [9.17, 15) is 34.2 Å². The van der Waals surface area contributed by atoms with Crippen molar-refractivity contribution in [1.82, 2.24) is 9.80 Å². The van der Waals surface area contributed by atoms with Gasteiger partial charge >= 0.3 is 0 Å². The van der Waals surface area contributed by atoms with E-state index in [1.807, 2.05) is 0 Å². The van der Waals surface area contributed by atoms with Crippen LogP contribution in [0.1, 0.15) is 34.3 Å². The first-order valence-electron chi connectivity index (χ1n) is 12.4. The average molecular weight is 514 g/mol. The highest BCUT2D eigenvalue weighted by atomic mass is 16.5. The van der Waals surface area contributed by atoms with Crippen molar-refractivity contribution in [2.24, 2.45) is 29.4 Å². The maximum Gasteiger partial charge on any atom is 0.235 e. The molecule has 1 aromatic rings. The number of benzene rings is 1. The number of ketones is 4. The van der Waals surface area contributed by atoms with E-state index in [-0.39, 0.29) is 24.2 Å². The second-order valence-corrected chi connectivity index (χ2v) is 10.9. The van der Waals surface area contributed by atoms with Crippen molar-refractivity contribution in [3.8, 4) is 11.5 Å². The molecule has 0 bridgehead atoms. The molecule has 2 saturated carbocycles. The third-order valence-corrected chi connectivity index (χ3v) is 8.64. The molecule has 4 aliphatic rings. The number of primary amides is 1. The smallest absolute Gasteiger partial charge is 0.235 e. The number of carbonyl (C=O) groups is 5. The molecule has 4 N–H and O–H groups in total. The first kappa shape index (κ1) is 25.5. The zero-order valence-corrected chi connectivity index (χ0v) is 21.0. The topological polar surface area (TPSA) is 168 Å². The van der Waals surface area contributed by atoms with Gasteiger partial charge in [-0.3, -0.25) is 33.8 Å². The first-order valence-corrected chi connectivity index (χ1v) is 12.4. The van der Waals surface area contributed by atoms with Crippen LogP contribution in [-0.4, -0.2) is 95.0 Å². The molecule has 0 spiro atoms. The number of ether oxygens (including phenoxy) is 1. The van der Waals surface area contributed by atoms with Crippen LogP contribution in [0.25, 0.3) is 0 Å². The summed E-state index contributed by atoms with van der Waals surface area (Å²) in [5.41, 5.74) is 3.75. The van der Waals surface area contributed by atoms with E-state index in [0.717, 1.165) is 25.1 Å². The highest BCUT2D eigenvalue weighted by molar-refractivity contribution is 6.32. The normalized spacial score (nSPS) is 33.5. The summed E-state index contributed by atoms with van der Waals surface area (Å²) in [6.45, 7) is 2.37. The van der Waals surface area contributed by atoms with Gasteiger partial charge in [-0.2, -0.15) is 0 Å². The van der Waals surface area contributed by atoms with Crippen LogP contribution in [0.5, 0.6) is 11.5 Å². The highest BCUT2D eigenvalue weighted by Crippen LogP contribution is 2.52. The summed E-state index contributed by atoms with van der Waals surface area (Å²) in [6, 6.07) is 0.337. The molecular formula is C26H31N3O8. The minimum Gasteiger partial charge on any atom is -0.507 e. The lowest BCUT2D eigenvalue weighted by molar-refractivity contribution is -0.181. The molecule has 37 heavy (non-hydrogen) atoms. The zero-order valence-electron chi connectivity index (χ0n) is 21.0. The molecule has 3 aliphatic carbocycles. The van der Waals surface area contributed by atoms with Crippen molar-refractivity contribution >= 4 is 29.0 Å². The van der Waals surface area contributed by atoms with Gasteiger partial charge in [-0.15, -0.1) is 0 Å². The first-order chi connectivity index (χ1) is 17.4. The summed E-state index contributed by atoms with van der Waals surface area (Å²) in [7, 11) is 4.59. The Hall–Kier alpha value is -3.15. The predicted molar refractivity (Wildman–Crippen MR) is 128 cm³/mol. The molecule has 1 heterocycles. The molecule has 1 amide bonds.